The topological polar surface area (TPSA) is 72.8 Å². The Bertz CT molecular complexity index is 609. The Hall–Kier alpha value is -1.14. The molecule has 6 nitrogen and oxygen atoms in total. The van der Waals surface area contributed by atoms with E-state index in [0.29, 0.717) is 19.4 Å². The molecule has 6 heteroatoms. The van der Waals surface area contributed by atoms with E-state index in [1.807, 2.05) is 14.1 Å². The van der Waals surface area contributed by atoms with Crippen LogP contribution >= 0.6 is 0 Å². The van der Waals surface area contributed by atoms with E-state index in [9.17, 15) is 14.7 Å². The molecule has 0 aliphatic carbocycles. The summed E-state index contributed by atoms with van der Waals surface area (Å²) in [7, 11) is 3.81. The SMILES string of the molecule is CCCCCCCCCCCCCC(=O)OC(C)C(OC(=O)CCCCCCCCCCCCC)[N+](C)(C)CCO. The van der Waals surface area contributed by atoms with Crippen LogP contribution in [0.1, 0.15) is 175 Å². The summed E-state index contributed by atoms with van der Waals surface area (Å²) in [4.78, 5) is 25.3. The van der Waals surface area contributed by atoms with Crippen molar-refractivity contribution in [3.05, 3.63) is 0 Å². The minimum absolute atomic E-state index is 0.0287. The number of aliphatic hydroxyl groups is 1. The van der Waals surface area contributed by atoms with Crippen molar-refractivity contribution in [2.75, 3.05) is 27.2 Å². The van der Waals surface area contributed by atoms with E-state index in [0.717, 1.165) is 38.5 Å². The molecule has 0 saturated carbocycles. The zero-order valence-electron chi connectivity index (χ0n) is 28.1. The lowest BCUT2D eigenvalue weighted by atomic mass is 10.1. The van der Waals surface area contributed by atoms with Crippen LogP contribution in [0.25, 0.3) is 0 Å². The van der Waals surface area contributed by atoms with Gasteiger partial charge in [-0.2, -0.15) is 0 Å². The summed E-state index contributed by atoms with van der Waals surface area (Å²) in [6, 6.07) is 0. The third-order valence-corrected chi connectivity index (χ3v) is 8.31. The van der Waals surface area contributed by atoms with Crippen LogP contribution in [-0.4, -0.2) is 61.1 Å². The summed E-state index contributed by atoms with van der Waals surface area (Å²) < 4.78 is 11.9. The van der Waals surface area contributed by atoms with Crippen LogP contribution in [0.2, 0.25) is 0 Å². The van der Waals surface area contributed by atoms with Crippen LogP contribution in [0.3, 0.4) is 0 Å². The molecular formula is C35H70NO5+. The van der Waals surface area contributed by atoms with Gasteiger partial charge < -0.3 is 14.6 Å². The molecule has 0 aromatic carbocycles. The van der Waals surface area contributed by atoms with Crippen LogP contribution < -0.4 is 0 Å². The van der Waals surface area contributed by atoms with Gasteiger partial charge in [-0.15, -0.1) is 0 Å². The van der Waals surface area contributed by atoms with E-state index in [4.69, 9.17) is 9.47 Å². The Morgan fingerprint density at radius 2 is 0.878 bits per heavy atom. The Kier molecular flexibility index (Phi) is 26.9. The molecule has 2 atom stereocenters. The minimum Gasteiger partial charge on any atom is -0.452 e. The van der Waals surface area contributed by atoms with Gasteiger partial charge in [-0.3, -0.25) is 14.1 Å². The molecule has 0 aliphatic heterocycles. The molecule has 0 saturated heterocycles. The van der Waals surface area contributed by atoms with Gasteiger partial charge in [0, 0.05) is 12.8 Å². The van der Waals surface area contributed by atoms with Gasteiger partial charge in [0.1, 0.15) is 6.54 Å². The second-order valence-electron chi connectivity index (χ2n) is 12.9. The number of unbranched alkanes of at least 4 members (excludes halogenated alkanes) is 20. The van der Waals surface area contributed by atoms with Crippen molar-refractivity contribution in [1.29, 1.82) is 0 Å². The van der Waals surface area contributed by atoms with Crippen molar-refractivity contribution in [2.45, 2.75) is 187 Å². The van der Waals surface area contributed by atoms with Gasteiger partial charge in [0.2, 0.25) is 0 Å². The lowest BCUT2D eigenvalue weighted by Gasteiger charge is -2.38. The fraction of sp³-hybridized carbons (Fsp3) is 0.943. The average Bonchev–Trinajstić information content (AvgIpc) is 2.93. The zero-order valence-corrected chi connectivity index (χ0v) is 28.1. The van der Waals surface area contributed by atoms with Gasteiger partial charge in [-0.1, -0.05) is 142 Å². The lowest BCUT2D eigenvalue weighted by Crippen LogP contribution is -2.57. The van der Waals surface area contributed by atoms with E-state index >= 15 is 0 Å². The minimum atomic E-state index is -0.636. The van der Waals surface area contributed by atoms with Crippen LogP contribution in [-0.2, 0) is 19.1 Å². The highest BCUT2D eigenvalue weighted by atomic mass is 16.6. The zero-order chi connectivity index (χ0) is 30.6. The molecule has 0 radical (unpaired) electrons. The van der Waals surface area contributed by atoms with Gasteiger partial charge in [-0.05, 0) is 19.8 Å². The van der Waals surface area contributed by atoms with Crippen LogP contribution in [0.5, 0.6) is 0 Å². The average molecular weight is 585 g/mol. The Morgan fingerprint density at radius 1 is 0.561 bits per heavy atom. The highest BCUT2D eigenvalue weighted by Gasteiger charge is 2.38. The number of carbonyl (C=O) groups excluding carboxylic acids is 2. The number of esters is 2. The molecular weight excluding hydrogens is 514 g/mol. The fourth-order valence-electron chi connectivity index (χ4n) is 5.58. The van der Waals surface area contributed by atoms with E-state index < -0.39 is 12.3 Å². The van der Waals surface area contributed by atoms with Gasteiger partial charge in [0.05, 0.1) is 20.7 Å². The molecule has 0 aromatic rings. The molecule has 2 unspecified atom stereocenters. The first kappa shape index (κ1) is 39.9. The molecule has 244 valence electrons. The number of aliphatic hydroxyl groups excluding tert-OH is 1. The number of hydrogen-bond acceptors (Lipinski definition) is 5. The summed E-state index contributed by atoms with van der Waals surface area (Å²) >= 11 is 0. The molecule has 0 rings (SSSR count). The van der Waals surface area contributed by atoms with Gasteiger partial charge >= 0.3 is 11.9 Å². The predicted octanol–water partition coefficient (Wildman–Crippen LogP) is 9.26. The number of ether oxygens (including phenoxy) is 2. The molecule has 0 aliphatic rings. The number of nitrogens with zero attached hydrogens (tertiary/aromatic N) is 1. The standard InChI is InChI=1S/C35H70NO5/c1-6-8-10-12-14-16-18-20-22-24-26-28-33(38)40-32(3)35(36(4,5)30-31-37)41-34(39)29-27-25-23-21-19-17-15-13-11-9-7-2/h32,35,37H,6-31H2,1-5H3/q+1. The summed E-state index contributed by atoms with van der Waals surface area (Å²) in [5.41, 5.74) is 0. The normalized spacial score (nSPS) is 13.2. The van der Waals surface area contributed by atoms with E-state index in [2.05, 4.69) is 13.8 Å². The number of likely N-dealkylation sites (N-methyl/N-ethyl adjacent to an activating group) is 1. The van der Waals surface area contributed by atoms with Crippen LogP contribution in [0.15, 0.2) is 0 Å². The summed E-state index contributed by atoms with van der Waals surface area (Å²) in [6.07, 6.45) is 26.8. The quantitative estimate of drug-likeness (QED) is 0.0394. The second-order valence-corrected chi connectivity index (χ2v) is 12.9. The molecule has 0 spiro atoms. The number of hydrogen-bond donors (Lipinski definition) is 1. The number of carbonyl (C=O) groups is 2. The van der Waals surface area contributed by atoms with Crippen LogP contribution in [0.4, 0.5) is 0 Å². The molecule has 0 heterocycles. The van der Waals surface area contributed by atoms with Crippen molar-refractivity contribution < 1.29 is 28.7 Å². The van der Waals surface area contributed by atoms with Crippen molar-refractivity contribution in [3.63, 3.8) is 0 Å². The summed E-state index contributed by atoms with van der Waals surface area (Å²) in [6.45, 7) is 6.69. The highest BCUT2D eigenvalue weighted by molar-refractivity contribution is 5.70. The first-order valence-corrected chi connectivity index (χ1v) is 17.6. The van der Waals surface area contributed by atoms with Crippen molar-refractivity contribution in [2.24, 2.45) is 0 Å². The van der Waals surface area contributed by atoms with Crippen molar-refractivity contribution in [3.8, 4) is 0 Å². The molecule has 0 aromatic heterocycles. The third-order valence-electron chi connectivity index (χ3n) is 8.31. The first-order chi connectivity index (χ1) is 19.8. The summed E-state index contributed by atoms with van der Waals surface area (Å²) in [5.74, 6) is -0.479. The maximum Gasteiger partial charge on any atom is 0.310 e. The smallest absolute Gasteiger partial charge is 0.310 e. The molecule has 0 fully saturated rings. The van der Waals surface area contributed by atoms with E-state index in [1.165, 1.54) is 103 Å². The molecule has 1 N–H and O–H groups in total. The highest BCUT2D eigenvalue weighted by Crippen LogP contribution is 2.19. The van der Waals surface area contributed by atoms with Crippen molar-refractivity contribution in [1.82, 2.24) is 0 Å². The monoisotopic (exact) mass is 585 g/mol. The van der Waals surface area contributed by atoms with E-state index in [-0.39, 0.29) is 23.0 Å². The second kappa shape index (κ2) is 27.7. The maximum absolute atomic E-state index is 12.7. The molecule has 41 heavy (non-hydrogen) atoms. The van der Waals surface area contributed by atoms with Crippen LogP contribution in [0, 0.1) is 0 Å². The Labute approximate surface area is 254 Å². The predicted molar refractivity (Wildman–Crippen MR) is 172 cm³/mol. The molecule has 0 amide bonds. The largest absolute Gasteiger partial charge is 0.452 e. The first-order valence-electron chi connectivity index (χ1n) is 17.6. The lowest BCUT2D eigenvalue weighted by molar-refractivity contribution is -0.938. The fourth-order valence-corrected chi connectivity index (χ4v) is 5.58. The Balaban J connectivity index is 4.25. The number of quaternary nitrogens is 1. The van der Waals surface area contributed by atoms with Crippen molar-refractivity contribution >= 4 is 11.9 Å². The maximum atomic E-state index is 12.7. The third kappa shape index (κ3) is 24.0. The molecule has 0 bridgehead atoms. The number of rotatable bonds is 30. The van der Waals surface area contributed by atoms with Gasteiger partial charge in [0.15, 0.2) is 6.10 Å². The Morgan fingerprint density at radius 3 is 1.22 bits per heavy atom. The summed E-state index contributed by atoms with van der Waals surface area (Å²) in [5, 5.41) is 9.57. The van der Waals surface area contributed by atoms with E-state index in [1.54, 1.807) is 6.92 Å². The van der Waals surface area contributed by atoms with Gasteiger partial charge in [-0.25, -0.2) is 0 Å². The van der Waals surface area contributed by atoms with Gasteiger partial charge in [0.25, 0.3) is 6.23 Å².